The van der Waals surface area contributed by atoms with Crippen LogP contribution in [0, 0.1) is 17.1 Å². The maximum atomic E-state index is 13.3. The van der Waals surface area contributed by atoms with Crippen molar-refractivity contribution in [3.63, 3.8) is 0 Å². The minimum atomic E-state index is -1.00. The van der Waals surface area contributed by atoms with Crippen LogP contribution < -0.4 is 11.2 Å². The van der Waals surface area contributed by atoms with Gasteiger partial charge in [-0.3, -0.25) is 10.2 Å². The molecule has 1 rings (SSSR count). The van der Waals surface area contributed by atoms with Crippen molar-refractivity contribution in [2.24, 2.45) is 10.8 Å². The molecule has 0 aliphatic carbocycles. The Hall–Kier alpha value is -2.13. The lowest BCUT2D eigenvalue weighted by Crippen LogP contribution is -2.22. The van der Waals surface area contributed by atoms with Gasteiger partial charge in [0.1, 0.15) is 6.07 Å². The summed E-state index contributed by atoms with van der Waals surface area (Å²) in [5, 5.41) is 11.7. The number of primary amides is 1. The zero-order chi connectivity index (χ0) is 12.1. The molecule has 0 aliphatic heterocycles. The van der Waals surface area contributed by atoms with E-state index in [1.54, 1.807) is 0 Å². The Morgan fingerprint density at radius 2 is 2.31 bits per heavy atom. The lowest BCUT2D eigenvalue weighted by Gasteiger charge is -2.02. The fourth-order valence-corrected chi connectivity index (χ4v) is 1.02. The first kappa shape index (κ1) is 11.9. The number of hydrogen-bond donors (Lipinski definition) is 2. The summed E-state index contributed by atoms with van der Waals surface area (Å²) in [6.07, 6.45) is 0. The Bertz CT molecular complexity index is 495. The van der Waals surface area contributed by atoms with Gasteiger partial charge in [0.25, 0.3) is 5.91 Å². The predicted molar refractivity (Wildman–Crippen MR) is 57.3 cm³/mol. The number of nitriles is 1. The van der Waals surface area contributed by atoms with Crippen molar-refractivity contribution >= 4 is 28.9 Å². The molecule has 5 nitrogen and oxygen atoms in total. The summed E-state index contributed by atoms with van der Waals surface area (Å²) >= 11 is 5.51. The number of carbonyl (C=O) groups excluding carboxylic acids is 1. The molecule has 16 heavy (non-hydrogen) atoms. The van der Waals surface area contributed by atoms with Gasteiger partial charge in [-0.15, -0.1) is 0 Å². The third-order valence-electron chi connectivity index (χ3n) is 1.58. The molecule has 0 unspecified atom stereocenters. The number of hydrazone groups is 1. The Morgan fingerprint density at radius 3 is 2.88 bits per heavy atom. The first-order chi connectivity index (χ1) is 7.56. The number of hydrogen-bond acceptors (Lipinski definition) is 4. The SMILES string of the molecule is N#C/C(=N\Nc1cccc(Cl)c1F)C(N)=O. The molecule has 0 fully saturated rings. The lowest BCUT2D eigenvalue weighted by molar-refractivity contribution is -0.111. The normalized spacial score (nSPS) is 10.7. The Kier molecular flexibility index (Phi) is 3.80. The molecule has 3 N–H and O–H groups in total. The summed E-state index contributed by atoms with van der Waals surface area (Å²) < 4.78 is 13.3. The van der Waals surface area contributed by atoms with E-state index in [0.29, 0.717) is 0 Å². The van der Waals surface area contributed by atoms with Crippen LogP contribution >= 0.6 is 11.6 Å². The van der Waals surface area contributed by atoms with Gasteiger partial charge in [-0.25, -0.2) is 4.39 Å². The molecule has 7 heteroatoms. The van der Waals surface area contributed by atoms with Crippen molar-refractivity contribution in [3.8, 4) is 6.07 Å². The number of nitrogens with two attached hydrogens (primary N) is 1. The van der Waals surface area contributed by atoms with E-state index in [4.69, 9.17) is 22.6 Å². The average Bonchev–Trinajstić information content (AvgIpc) is 2.24. The number of benzene rings is 1. The van der Waals surface area contributed by atoms with Crippen LogP contribution in [0.1, 0.15) is 0 Å². The smallest absolute Gasteiger partial charge is 0.280 e. The summed E-state index contributed by atoms with van der Waals surface area (Å²) in [6, 6.07) is 5.65. The van der Waals surface area contributed by atoms with Crippen molar-refractivity contribution in [2.75, 3.05) is 5.43 Å². The molecule has 0 aliphatic rings. The second-order valence-corrected chi connectivity index (χ2v) is 3.06. The van der Waals surface area contributed by atoms with Crippen molar-refractivity contribution in [1.82, 2.24) is 0 Å². The van der Waals surface area contributed by atoms with Gasteiger partial charge in [0.15, 0.2) is 5.82 Å². The molecule has 0 saturated heterocycles. The highest BCUT2D eigenvalue weighted by molar-refractivity contribution is 6.44. The van der Waals surface area contributed by atoms with Crippen LogP contribution in [0.3, 0.4) is 0 Å². The molecule has 1 aromatic carbocycles. The van der Waals surface area contributed by atoms with Gasteiger partial charge in [-0.2, -0.15) is 10.4 Å². The van der Waals surface area contributed by atoms with Gasteiger partial charge in [0, 0.05) is 0 Å². The molecule has 1 amide bonds. The highest BCUT2D eigenvalue weighted by Gasteiger charge is 2.08. The van der Waals surface area contributed by atoms with Crippen LogP contribution in [0.4, 0.5) is 10.1 Å². The molecule has 0 atom stereocenters. The van der Waals surface area contributed by atoms with E-state index in [9.17, 15) is 9.18 Å². The van der Waals surface area contributed by atoms with E-state index in [2.05, 4.69) is 10.5 Å². The van der Waals surface area contributed by atoms with Crippen molar-refractivity contribution in [3.05, 3.63) is 29.0 Å². The minimum Gasteiger partial charge on any atom is -0.364 e. The van der Waals surface area contributed by atoms with E-state index in [0.717, 1.165) is 0 Å². The van der Waals surface area contributed by atoms with Crippen molar-refractivity contribution in [2.45, 2.75) is 0 Å². The molecule has 0 radical (unpaired) electrons. The largest absolute Gasteiger partial charge is 0.364 e. The van der Waals surface area contributed by atoms with Crippen molar-refractivity contribution < 1.29 is 9.18 Å². The molecule has 1 aromatic rings. The highest BCUT2D eigenvalue weighted by atomic mass is 35.5. The number of nitrogens with zero attached hydrogens (tertiary/aromatic N) is 2. The monoisotopic (exact) mass is 240 g/mol. The Labute approximate surface area is 95.3 Å². The van der Waals surface area contributed by atoms with Gasteiger partial charge >= 0.3 is 0 Å². The summed E-state index contributed by atoms with van der Waals surface area (Å²) in [6.45, 7) is 0. The zero-order valence-electron chi connectivity index (χ0n) is 7.87. The molecule has 0 bridgehead atoms. The maximum absolute atomic E-state index is 13.3. The fraction of sp³-hybridized carbons (Fsp3) is 0. The topological polar surface area (TPSA) is 91.3 Å². The van der Waals surface area contributed by atoms with Gasteiger partial charge in [0.05, 0.1) is 10.7 Å². The van der Waals surface area contributed by atoms with E-state index in [-0.39, 0.29) is 10.7 Å². The number of nitrogens with one attached hydrogen (secondary N) is 1. The number of carbonyl (C=O) groups is 1. The molecule has 0 spiro atoms. The van der Waals surface area contributed by atoms with Crippen molar-refractivity contribution in [1.29, 1.82) is 5.26 Å². The molecule has 82 valence electrons. The third kappa shape index (κ3) is 2.68. The zero-order valence-corrected chi connectivity index (χ0v) is 8.62. The van der Waals surface area contributed by atoms with E-state index in [1.807, 2.05) is 0 Å². The van der Waals surface area contributed by atoms with Crippen LogP contribution in [0.25, 0.3) is 0 Å². The Balaban J connectivity index is 2.95. The van der Waals surface area contributed by atoms with E-state index < -0.39 is 17.4 Å². The molecule has 0 saturated carbocycles. The minimum absolute atomic E-state index is 0.0542. The highest BCUT2D eigenvalue weighted by Crippen LogP contribution is 2.21. The molecule has 0 aromatic heterocycles. The first-order valence-electron chi connectivity index (χ1n) is 4.04. The van der Waals surface area contributed by atoms with Crippen LogP contribution in [0.15, 0.2) is 23.3 Å². The van der Waals surface area contributed by atoms with Crippen LogP contribution in [-0.4, -0.2) is 11.6 Å². The summed E-state index contributed by atoms with van der Waals surface area (Å²) in [7, 11) is 0. The number of rotatable bonds is 3. The van der Waals surface area contributed by atoms with E-state index >= 15 is 0 Å². The molecular weight excluding hydrogens is 235 g/mol. The summed E-state index contributed by atoms with van der Waals surface area (Å²) in [5.74, 6) is -1.73. The third-order valence-corrected chi connectivity index (χ3v) is 1.87. The first-order valence-corrected chi connectivity index (χ1v) is 4.41. The number of halogens is 2. The summed E-state index contributed by atoms with van der Waals surface area (Å²) in [4.78, 5) is 10.6. The van der Waals surface area contributed by atoms with Crippen LogP contribution in [-0.2, 0) is 4.79 Å². The maximum Gasteiger partial charge on any atom is 0.280 e. The average molecular weight is 241 g/mol. The van der Waals surface area contributed by atoms with Gasteiger partial charge < -0.3 is 5.73 Å². The standard InChI is InChI=1S/C9H6ClFN4O/c10-5-2-1-3-6(8(5)11)14-15-7(4-12)9(13)16/h1-3,14H,(H2,13,16)/b15-7+. The van der Waals surface area contributed by atoms with E-state index in [1.165, 1.54) is 24.3 Å². The lowest BCUT2D eigenvalue weighted by atomic mass is 10.3. The molecular formula is C9H6ClFN4O. The number of amides is 1. The predicted octanol–water partition coefficient (Wildman–Crippen LogP) is 1.26. The fourth-order valence-electron chi connectivity index (χ4n) is 0.841. The Morgan fingerprint density at radius 1 is 1.62 bits per heavy atom. The second kappa shape index (κ2) is 5.09. The van der Waals surface area contributed by atoms with Gasteiger partial charge in [0.2, 0.25) is 5.71 Å². The number of anilines is 1. The second-order valence-electron chi connectivity index (χ2n) is 2.65. The van der Waals surface area contributed by atoms with Gasteiger partial charge in [-0.1, -0.05) is 17.7 Å². The summed E-state index contributed by atoms with van der Waals surface area (Å²) in [5.41, 5.74) is 6.41. The van der Waals surface area contributed by atoms with Crippen LogP contribution in [0.2, 0.25) is 5.02 Å². The quantitative estimate of drug-likeness (QED) is 0.615. The van der Waals surface area contributed by atoms with Crippen LogP contribution in [0.5, 0.6) is 0 Å². The van der Waals surface area contributed by atoms with Gasteiger partial charge in [-0.05, 0) is 12.1 Å². The molecule has 0 heterocycles.